The molecule has 2 nitrogen and oxygen atoms in total. The van der Waals surface area contributed by atoms with Gasteiger partial charge in [-0.05, 0) is 31.8 Å². The summed E-state index contributed by atoms with van der Waals surface area (Å²) in [7, 11) is 0. The van der Waals surface area contributed by atoms with E-state index in [2.05, 4.69) is 32.6 Å². The van der Waals surface area contributed by atoms with Crippen LogP contribution in [0.5, 0.6) is 0 Å². The second kappa shape index (κ2) is 7.34. The van der Waals surface area contributed by atoms with Gasteiger partial charge in [-0.1, -0.05) is 27.7 Å². The highest BCUT2D eigenvalue weighted by atomic mass is 16.3. The number of hydrogen-bond donors (Lipinski definition) is 1. The van der Waals surface area contributed by atoms with Gasteiger partial charge in [0.05, 0.1) is 6.61 Å². The van der Waals surface area contributed by atoms with E-state index in [-0.39, 0.29) is 6.61 Å². The summed E-state index contributed by atoms with van der Waals surface area (Å²) in [5.74, 6) is 0.545. The molecule has 0 spiro atoms. The van der Waals surface area contributed by atoms with Crippen LogP contribution in [0.25, 0.3) is 0 Å². The van der Waals surface area contributed by atoms with E-state index >= 15 is 0 Å². The topological polar surface area (TPSA) is 23.5 Å². The van der Waals surface area contributed by atoms with Crippen LogP contribution in [-0.2, 0) is 0 Å². The Labute approximate surface area is 82.9 Å². The number of aliphatic hydroxyl groups is 1. The largest absolute Gasteiger partial charge is 0.395 e. The fourth-order valence-electron chi connectivity index (χ4n) is 1.77. The number of hydrogen-bond acceptors (Lipinski definition) is 2. The van der Waals surface area contributed by atoms with E-state index in [4.69, 9.17) is 0 Å². The van der Waals surface area contributed by atoms with Crippen molar-refractivity contribution in [2.24, 2.45) is 5.92 Å². The molecule has 0 heterocycles. The van der Waals surface area contributed by atoms with Crippen LogP contribution in [0.1, 0.15) is 40.5 Å². The first-order valence-corrected chi connectivity index (χ1v) is 5.52. The maximum Gasteiger partial charge on any atom is 0.0589 e. The summed E-state index contributed by atoms with van der Waals surface area (Å²) in [6.45, 7) is 11.2. The van der Waals surface area contributed by atoms with Gasteiger partial charge in [0.2, 0.25) is 0 Å². The van der Waals surface area contributed by atoms with Crippen molar-refractivity contribution >= 4 is 0 Å². The van der Waals surface area contributed by atoms with Crippen LogP contribution in [0.3, 0.4) is 0 Å². The predicted octanol–water partition coefficient (Wildman–Crippen LogP) is 2.13. The molecule has 0 rings (SSSR count). The molecule has 0 amide bonds. The molecule has 0 aromatic rings. The van der Waals surface area contributed by atoms with E-state index in [0.717, 1.165) is 13.1 Å². The Kier molecular flexibility index (Phi) is 7.29. The van der Waals surface area contributed by atoms with E-state index in [1.54, 1.807) is 0 Å². The Hall–Kier alpha value is -0.0800. The third-order valence-corrected chi connectivity index (χ3v) is 2.45. The van der Waals surface area contributed by atoms with Crippen molar-refractivity contribution < 1.29 is 5.11 Å². The van der Waals surface area contributed by atoms with Crippen LogP contribution in [0, 0.1) is 5.92 Å². The monoisotopic (exact) mass is 187 g/mol. The summed E-state index contributed by atoms with van der Waals surface area (Å²) in [4.78, 5) is 2.41. The smallest absolute Gasteiger partial charge is 0.0589 e. The molecule has 0 bridgehead atoms. The van der Waals surface area contributed by atoms with Crippen molar-refractivity contribution in [2.75, 3.05) is 19.7 Å². The zero-order chi connectivity index (χ0) is 10.3. The summed E-state index contributed by atoms with van der Waals surface area (Å²) in [5, 5.41) is 9.28. The minimum atomic E-state index is 0.289. The molecule has 0 aromatic carbocycles. The van der Waals surface area contributed by atoms with Crippen molar-refractivity contribution in [1.29, 1.82) is 0 Å². The standard InChI is InChI=1S/C11H25NO/c1-5-7-12(8-6-2)11(9-13)10(3)4/h10-11,13H,5-9H2,1-4H3. The average Bonchev–Trinajstić information content (AvgIpc) is 2.05. The lowest BCUT2D eigenvalue weighted by Crippen LogP contribution is -2.42. The van der Waals surface area contributed by atoms with Crippen LogP contribution in [0.4, 0.5) is 0 Å². The van der Waals surface area contributed by atoms with Crippen molar-refractivity contribution in [3.05, 3.63) is 0 Å². The fourth-order valence-corrected chi connectivity index (χ4v) is 1.77. The van der Waals surface area contributed by atoms with Gasteiger partial charge in [0.15, 0.2) is 0 Å². The van der Waals surface area contributed by atoms with E-state index in [9.17, 15) is 5.11 Å². The zero-order valence-corrected chi connectivity index (χ0v) is 9.58. The molecule has 0 aliphatic heterocycles. The van der Waals surface area contributed by atoms with Gasteiger partial charge in [-0.25, -0.2) is 0 Å². The Morgan fingerprint density at radius 3 is 1.77 bits per heavy atom. The second-order valence-electron chi connectivity index (χ2n) is 4.03. The molecule has 13 heavy (non-hydrogen) atoms. The highest BCUT2D eigenvalue weighted by Gasteiger charge is 2.19. The van der Waals surface area contributed by atoms with Gasteiger partial charge in [0.1, 0.15) is 0 Å². The summed E-state index contributed by atoms with van der Waals surface area (Å²) >= 11 is 0. The first kappa shape index (κ1) is 12.9. The van der Waals surface area contributed by atoms with Crippen LogP contribution in [0.15, 0.2) is 0 Å². The number of rotatable bonds is 7. The molecule has 0 aliphatic carbocycles. The molecule has 2 heteroatoms. The van der Waals surface area contributed by atoms with Crippen LogP contribution >= 0.6 is 0 Å². The van der Waals surface area contributed by atoms with Gasteiger partial charge < -0.3 is 5.11 Å². The fraction of sp³-hybridized carbons (Fsp3) is 1.00. The summed E-state index contributed by atoms with van der Waals surface area (Å²) in [5.41, 5.74) is 0. The van der Waals surface area contributed by atoms with E-state index in [1.807, 2.05) is 0 Å². The maximum atomic E-state index is 9.28. The van der Waals surface area contributed by atoms with Crippen molar-refractivity contribution in [3.63, 3.8) is 0 Å². The van der Waals surface area contributed by atoms with E-state index in [0.29, 0.717) is 12.0 Å². The highest BCUT2D eigenvalue weighted by Crippen LogP contribution is 2.11. The van der Waals surface area contributed by atoms with Crippen LogP contribution in [-0.4, -0.2) is 35.7 Å². The average molecular weight is 187 g/mol. The van der Waals surface area contributed by atoms with Crippen LogP contribution in [0.2, 0.25) is 0 Å². The van der Waals surface area contributed by atoms with Crippen LogP contribution < -0.4 is 0 Å². The maximum absolute atomic E-state index is 9.28. The normalized spacial score (nSPS) is 14.1. The Bertz CT molecular complexity index is 109. The van der Waals surface area contributed by atoms with Gasteiger partial charge in [0, 0.05) is 6.04 Å². The first-order valence-electron chi connectivity index (χ1n) is 5.52. The van der Waals surface area contributed by atoms with Crippen molar-refractivity contribution in [2.45, 2.75) is 46.6 Å². The molecule has 1 atom stereocenters. The molecule has 0 radical (unpaired) electrons. The molecule has 0 aliphatic rings. The van der Waals surface area contributed by atoms with E-state index < -0.39 is 0 Å². The second-order valence-corrected chi connectivity index (χ2v) is 4.03. The molecule has 1 N–H and O–H groups in total. The number of nitrogens with zero attached hydrogens (tertiary/aromatic N) is 1. The zero-order valence-electron chi connectivity index (χ0n) is 9.58. The lowest BCUT2D eigenvalue weighted by Gasteiger charge is -2.32. The van der Waals surface area contributed by atoms with Crippen molar-refractivity contribution in [1.82, 2.24) is 4.90 Å². The molecular formula is C11H25NO. The van der Waals surface area contributed by atoms with Gasteiger partial charge in [-0.15, -0.1) is 0 Å². The lowest BCUT2D eigenvalue weighted by atomic mass is 10.0. The minimum Gasteiger partial charge on any atom is -0.395 e. The third kappa shape index (κ3) is 4.63. The predicted molar refractivity (Wildman–Crippen MR) is 57.9 cm³/mol. The summed E-state index contributed by atoms with van der Waals surface area (Å²) in [6, 6.07) is 0.347. The Morgan fingerprint density at radius 2 is 1.54 bits per heavy atom. The summed E-state index contributed by atoms with van der Waals surface area (Å²) in [6.07, 6.45) is 2.34. The Balaban J connectivity index is 4.11. The van der Waals surface area contributed by atoms with Gasteiger partial charge in [-0.2, -0.15) is 0 Å². The molecule has 0 fully saturated rings. The number of aliphatic hydroxyl groups excluding tert-OH is 1. The van der Waals surface area contributed by atoms with Gasteiger partial charge in [0.25, 0.3) is 0 Å². The van der Waals surface area contributed by atoms with Crippen molar-refractivity contribution in [3.8, 4) is 0 Å². The SMILES string of the molecule is CCCN(CCC)C(CO)C(C)C. The molecule has 1 unspecified atom stereocenters. The Morgan fingerprint density at radius 1 is 1.08 bits per heavy atom. The molecular weight excluding hydrogens is 162 g/mol. The minimum absolute atomic E-state index is 0.289. The van der Waals surface area contributed by atoms with Gasteiger partial charge >= 0.3 is 0 Å². The third-order valence-electron chi connectivity index (χ3n) is 2.45. The highest BCUT2D eigenvalue weighted by molar-refractivity contribution is 4.73. The molecule has 80 valence electrons. The quantitative estimate of drug-likeness (QED) is 0.660. The van der Waals surface area contributed by atoms with Gasteiger partial charge in [-0.3, -0.25) is 4.90 Å². The first-order chi connectivity index (χ1) is 6.17. The molecule has 0 saturated heterocycles. The summed E-state index contributed by atoms with van der Waals surface area (Å²) < 4.78 is 0. The molecule has 0 aromatic heterocycles. The van der Waals surface area contributed by atoms with E-state index in [1.165, 1.54) is 12.8 Å². The molecule has 0 saturated carbocycles. The lowest BCUT2D eigenvalue weighted by molar-refractivity contribution is 0.0908.